The molecule has 0 aromatic heterocycles. The van der Waals surface area contributed by atoms with Crippen LogP contribution in [0.15, 0.2) is 28.7 Å². The van der Waals surface area contributed by atoms with E-state index in [0.29, 0.717) is 12.8 Å². The smallest absolute Gasteiger partial charge is 0.252 e. The van der Waals surface area contributed by atoms with Crippen molar-refractivity contribution in [2.45, 2.75) is 50.4 Å². The lowest BCUT2D eigenvalue weighted by Crippen LogP contribution is -2.49. The topological polar surface area (TPSA) is 69.6 Å². The minimum absolute atomic E-state index is 0.376. The molecule has 0 unspecified atom stereocenters. The molecular formula is C15H20BrNO3. The van der Waals surface area contributed by atoms with Crippen LogP contribution in [0.4, 0.5) is 0 Å². The van der Waals surface area contributed by atoms with Crippen LogP contribution in [0.1, 0.15) is 44.3 Å². The Bertz CT molecular complexity index is 469. The van der Waals surface area contributed by atoms with E-state index in [1.165, 1.54) is 0 Å². The number of aliphatic hydroxyl groups is 2. The van der Waals surface area contributed by atoms with Crippen LogP contribution in [0.25, 0.3) is 0 Å². The maximum absolute atomic E-state index is 12.1. The summed E-state index contributed by atoms with van der Waals surface area (Å²) in [6, 6.07) is 6.85. The van der Waals surface area contributed by atoms with Gasteiger partial charge in [0.25, 0.3) is 5.91 Å². The summed E-state index contributed by atoms with van der Waals surface area (Å²) >= 11 is 3.34. The largest absolute Gasteiger partial charge is 0.386 e. The van der Waals surface area contributed by atoms with E-state index in [0.717, 1.165) is 22.9 Å². The zero-order valence-electron chi connectivity index (χ0n) is 11.5. The predicted molar refractivity (Wildman–Crippen MR) is 80.1 cm³/mol. The molecule has 0 heterocycles. The van der Waals surface area contributed by atoms with Crippen LogP contribution in [0.2, 0.25) is 0 Å². The second kappa shape index (κ2) is 6.24. The number of hydrogen-bond donors (Lipinski definition) is 3. The molecule has 2 rings (SSSR count). The van der Waals surface area contributed by atoms with Crippen LogP contribution in [-0.2, 0) is 4.79 Å². The van der Waals surface area contributed by atoms with E-state index in [-0.39, 0.29) is 5.91 Å². The summed E-state index contributed by atoms with van der Waals surface area (Å²) in [7, 11) is 0. The Hall–Kier alpha value is -0.910. The molecule has 110 valence electrons. The molecule has 1 saturated carbocycles. The Kier molecular flexibility index (Phi) is 4.83. The summed E-state index contributed by atoms with van der Waals surface area (Å²) in [4.78, 5) is 12.1. The zero-order valence-corrected chi connectivity index (χ0v) is 13.1. The average molecular weight is 342 g/mol. The third-order valence-electron chi connectivity index (χ3n) is 3.90. The van der Waals surface area contributed by atoms with Crippen LogP contribution < -0.4 is 5.32 Å². The molecule has 1 fully saturated rings. The first-order chi connectivity index (χ1) is 9.42. The third kappa shape index (κ3) is 3.40. The number of hydrogen-bond acceptors (Lipinski definition) is 3. The highest BCUT2D eigenvalue weighted by atomic mass is 79.9. The van der Waals surface area contributed by atoms with E-state index in [2.05, 4.69) is 21.2 Å². The first-order valence-corrected chi connectivity index (χ1v) is 7.68. The minimum Gasteiger partial charge on any atom is -0.386 e. The van der Waals surface area contributed by atoms with Gasteiger partial charge in [0.1, 0.15) is 5.60 Å². The van der Waals surface area contributed by atoms with Gasteiger partial charge in [-0.2, -0.15) is 0 Å². The molecule has 0 radical (unpaired) electrons. The van der Waals surface area contributed by atoms with Crippen molar-refractivity contribution >= 4 is 21.8 Å². The quantitative estimate of drug-likeness (QED) is 0.786. The second-order valence-corrected chi connectivity index (χ2v) is 6.41. The Morgan fingerprint density at radius 3 is 2.40 bits per heavy atom. The van der Waals surface area contributed by atoms with E-state index in [4.69, 9.17) is 0 Å². The zero-order chi connectivity index (χ0) is 14.8. The molecular weight excluding hydrogens is 322 g/mol. The second-order valence-electron chi connectivity index (χ2n) is 5.50. The van der Waals surface area contributed by atoms with Gasteiger partial charge in [-0.15, -0.1) is 0 Å². The van der Waals surface area contributed by atoms with Gasteiger partial charge in [-0.3, -0.25) is 4.79 Å². The van der Waals surface area contributed by atoms with Crippen molar-refractivity contribution in [2.24, 2.45) is 0 Å². The lowest BCUT2D eigenvalue weighted by Gasteiger charge is -2.26. The lowest BCUT2D eigenvalue weighted by atomic mass is 9.99. The van der Waals surface area contributed by atoms with Gasteiger partial charge in [0.15, 0.2) is 0 Å². The summed E-state index contributed by atoms with van der Waals surface area (Å²) in [6.45, 7) is 1.74. The van der Waals surface area contributed by atoms with Crippen molar-refractivity contribution < 1.29 is 15.0 Å². The number of aliphatic hydroxyl groups excluding tert-OH is 1. The number of benzene rings is 1. The van der Waals surface area contributed by atoms with Gasteiger partial charge >= 0.3 is 0 Å². The predicted octanol–water partition coefficient (Wildman–Crippen LogP) is 2.29. The fraction of sp³-hybridized carbons (Fsp3) is 0.533. The summed E-state index contributed by atoms with van der Waals surface area (Å²) < 4.78 is 0.936. The highest BCUT2D eigenvalue weighted by Crippen LogP contribution is 2.30. The molecule has 1 aromatic rings. The van der Waals surface area contributed by atoms with Crippen molar-refractivity contribution in [1.29, 1.82) is 0 Å². The normalized spacial score (nSPS) is 20.4. The van der Waals surface area contributed by atoms with Crippen LogP contribution in [0.3, 0.4) is 0 Å². The van der Waals surface area contributed by atoms with Crippen LogP contribution >= 0.6 is 15.9 Å². The van der Waals surface area contributed by atoms with Crippen molar-refractivity contribution in [1.82, 2.24) is 5.32 Å². The van der Waals surface area contributed by atoms with E-state index in [1.807, 2.05) is 24.3 Å². The Morgan fingerprint density at radius 1 is 1.30 bits per heavy atom. The first kappa shape index (κ1) is 15.5. The number of carbonyl (C=O) groups excluding carboxylic acids is 1. The molecule has 0 bridgehead atoms. The maximum Gasteiger partial charge on any atom is 0.252 e. The molecule has 1 aromatic carbocycles. The number of halogens is 1. The minimum atomic E-state index is -1.26. The Morgan fingerprint density at radius 2 is 1.85 bits per heavy atom. The highest BCUT2D eigenvalue weighted by molar-refractivity contribution is 9.10. The summed E-state index contributed by atoms with van der Waals surface area (Å²) in [6.07, 6.45) is 1.94. The fourth-order valence-corrected chi connectivity index (χ4v) is 2.82. The summed E-state index contributed by atoms with van der Waals surface area (Å²) in [5.74, 6) is -0.376. The van der Waals surface area contributed by atoms with Crippen molar-refractivity contribution in [3.8, 4) is 0 Å². The van der Waals surface area contributed by atoms with Gasteiger partial charge in [0.2, 0.25) is 0 Å². The van der Waals surface area contributed by atoms with Crippen LogP contribution in [-0.4, -0.2) is 27.8 Å². The van der Waals surface area contributed by atoms with Gasteiger partial charge in [-0.25, -0.2) is 0 Å². The molecule has 1 aliphatic rings. The number of nitrogens with one attached hydrogen (secondary N) is 1. The van der Waals surface area contributed by atoms with Crippen LogP contribution in [0, 0.1) is 0 Å². The number of amides is 1. The van der Waals surface area contributed by atoms with Crippen molar-refractivity contribution in [3.05, 3.63) is 34.3 Å². The van der Waals surface area contributed by atoms with E-state index < -0.39 is 17.7 Å². The van der Waals surface area contributed by atoms with Gasteiger partial charge in [-0.1, -0.05) is 28.1 Å². The molecule has 3 N–H and O–H groups in total. The Balaban J connectivity index is 1.98. The fourth-order valence-electron chi connectivity index (χ4n) is 2.56. The van der Waals surface area contributed by atoms with Gasteiger partial charge in [0, 0.05) is 4.47 Å². The molecule has 20 heavy (non-hydrogen) atoms. The van der Waals surface area contributed by atoms with Crippen molar-refractivity contribution in [2.75, 3.05) is 0 Å². The standard InChI is InChI=1S/C15H20BrNO3/c1-10(13(18)11-4-6-12(16)7-5-11)17-14(19)15(20)8-2-3-9-15/h4-7,10,13,18,20H,2-3,8-9H2,1H3,(H,17,19)/t10-,13+/m0/s1. The summed E-state index contributed by atoms with van der Waals surface area (Å²) in [5, 5.41) is 23.2. The van der Waals surface area contributed by atoms with Crippen molar-refractivity contribution in [3.63, 3.8) is 0 Å². The average Bonchev–Trinajstić information content (AvgIpc) is 2.87. The SMILES string of the molecule is C[C@H](NC(=O)C1(O)CCCC1)[C@@H](O)c1ccc(Br)cc1. The third-order valence-corrected chi connectivity index (χ3v) is 4.43. The molecule has 0 saturated heterocycles. The molecule has 1 aliphatic carbocycles. The molecule has 0 spiro atoms. The highest BCUT2D eigenvalue weighted by Gasteiger charge is 2.39. The van der Waals surface area contributed by atoms with Gasteiger partial charge < -0.3 is 15.5 Å². The molecule has 5 heteroatoms. The lowest BCUT2D eigenvalue weighted by molar-refractivity contribution is -0.140. The number of carbonyl (C=O) groups is 1. The van der Waals surface area contributed by atoms with Gasteiger partial charge in [-0.05, 0) is 50.3 Å². The molecule has 4 nitrogen and oxygen atoms in total. The number of rotatable bonds is 4. The van der Waals surface area contributed by atoms with Crippen LogP contribution in [0.5, 0.6) is 0 Å². The van der Waals surface area contributed by atoms with Gasteiger partial charge in [0.05, 0.1) is 12.1 Å². The molecule has 2 atom stereocenters. The molecule has 0 aliphatic heterocycles. The van der Waals surface area contributed by atoms with E-state index >= 15 is 0 Å². The Labute approximate surface area is 127 Å². The monoisotopic (exact) mass is 341 g/mol. The maximum atomic E-state index is 12.1. The first-order valence-electron chi connectivity index (χ1n) is 6.89. The van der Waals surface area contributed by atoms with E-state index in [1.54, 1.807) is 6.92 Å². The van der Waals surface area contributed by atoms with E-state index in [9.17, 15) is 15.0 Å². The molecule has 1 amide bonds. The summed E-state index contributed by atoms with van der Waals surface area (Å²) in [5.41, 5.74) is -0.521.